The van der Waals surface area contributed by atoms with E-state index in [0.29, 0.717) is 12.1 Å². The summed E-state index contributed by atoms with van der Waals surface area (Å²) in [5, 5.41) is 3.89. The van der Waals surface area contributed by atoms with Crippen molar-refractivity contribution in [3.8, 4) is 11.1 Å². The maximum atomic E-state index is 13.4. The number of hydrogen-bond donors (Lipinski definition) is 2. The van der Waals surface area contributed by atoms with Gasteiger partial charge in [0.2, 0.25) is 5.91 Å². The lowest BCUT2D eigenvalue weighted by Crippen LogP contribution is -2.24. The molecule has 0 aliphatic rings. The summed E-state index contributed by atoms with van der Waals surface area (Å²) in [7, 11) is 0. The molecule has 5 rings (SSSR count). The van der Waals surface area contributed by atoms with E-state index >= 15 is 0 Å². The van der Waals surface area contributed by atoms with Gasteiger partial charge in [0.05, 0.1) is 12.7 Å². The molecule has 0 atom stereocenters. The highest BCUT2D eigenvalue weighted by molar-refractivity contribution is 5.89. The summed E-state index contributed by atoms with van der Waals surface area (Å²) in [4.78, 5) is 19.7. The van der Waals surface area contributed by atoms with Crippen LogP contribution in [0.15, 0.2) is 91.6 Å². The molecule has 3 aromatic carbocycles. The second-order valence-corrected chi connectivity index (χ2v) is 8.05. The van der Waals surface area contributed by atoms with E-state index in [1.807, 2.05) is 29.0 Å². The summed E-state index contributed by atoms with van der Waals surface area (Å²) in [5.41, 5.74) is 5.99. The Morgan fingerprint density at radius 1 is 1.03 bits per heavy atom. The van der Waals surface area contributed by atoms with E-state index < -0.39 is 0 Å². The normalized spacial score (nSPS) is 11.1. The SMILES string of the molecule is O=C(Cc1c[nH]c2cc(F)ccc12)NCc1ccccc1-c1ccc(Cn2ccnc2)cc1. The molecule has 2 aromatic heterocycles. The van der Waals surface area contributed by atoms with Gasteiger partial charge in [-0.25, -0.2) is 9.37 Å². The fraction of sp³-hybridized carbons (Fsp3) is 0.111. The Labute approximate surface area is 190 Å². The van der Waals surface area contributed by atoms with Crippen molar-refractivity contribution < 1.29 is 9.18 Å². The highest BCUT2D eigenvalue weighted by Gasteiger charge is 2.11. The van der Waals surface area contributed by atoms with Crippen LogP contribution in [0.2, 0.25) is 0 Å². The number of hydrogen-bond acceptors (Lipinski definition) is 2. The molecular formula is C27H23FN4O. The van der Waals surface area contributed by atoms with E-state index in [0.717, 1.165) is 34.2 Å². The van der Waals surface area contributed by atoms with Crippen LogP contribution in [0.5, 0.6) is 0 Å². The quantitative estimate of drug-likeness (QED) is 0.372. The molecule has 0 fully saturated rings. The van der Waals surface area contributed by atoms with E-state index in [1.165, 1.54) is 17.7 Å². The van der Waals surface area contributed by atoms with Crippen LogP contribution in [0, 0.1) is 5.82 Å². The molecule has 33 heavy (non-hydrogen) atoms. The molecule has 0 aliphatic carbocycles. The summed E-state index contributed by atoms with van der Waals surface area (Å²) in [6.07, 6.45) is 7.53. The fourth-order valence-corrected chi connectivity index (χ4v) is 4.07. The Morgan fingerprint density at radius 2 is 1.88 bits per heavy atom. The number of benzene rings is 3. The summed E-state index contributed by atoms with van der Waals surface area (Å²) >= 11 is 0. The molecule has 0 radical (unpaired) electrons. The van der Waals surface area contributed by atoms with Crippen molar-refractivity contribution in [3.05, 3.63) is 114 Å². The summed E-state index contributed by atoms with van der Waals surface area (Å²) < 4.78 is 15.4. The standard InChI is InChI=1S/C27H23FN4O/c28-23-9-10-25-22(16-30-26(25)14-23)13-27(33)31-15-21-3-1-2-4-24(21)20-7-5-19(6-8-20)17-32-12-11-29-18-32/h1-12,14,16,18,30H,13,15,17H2,(H,31,33). The fourth-order valence-electron chi connectivity index (χ4n) is 4.07. The zero-order chi connectivity index (χ0) is 22.6. The second kappa shape index (κ2) is 9.12. The Morgan fingerprint density at radius 3 is 2.70 bits per heavy atom. The molecule has 5 aromatic rings. The molecule has 0 aliphatic heterocycles. The number of aromatic nitrogens is 3. The number of aromatic amines is 1. The molecule has 1 amide bonds. The van der Waals surface area contributed by atoms with Crippen LogP contribution in [0.25, 0.3) is 22.0 Å². The molecule has 164 valence electrons. The topological polar surface area (TPSA) is 62.7 Å². The van der Waals surface area contributed by atoms with Gasteiger partial charge in [-0.1, -0.05) is 48.5 Å². The molecule has 0 saturated carbocycles. The number of carbonyl (C=O) groups is 1. The zero-order valence-corrected chi connectivity index (χ0v) is 18.0. The van der Waals surface area contributed by atoms with Gasteiger partial charge in [-0.3, -0.25) is 4.79 Å². The number of amides is 1. The summed E-state index contributed by atoms with van der Waals surface area (Å²) in [6.45, 7) is 1.21. The number of nitrogens with zero attached hydrogens (tertiary/aromatic N) is 2. The van der Waals surface area contributed by atoms with Gasteiger partial charge in [0.15, 0.2) is 0 Å². The van der Waals surface area contributed by atoms with Gasteiger partial charge in [-0.2, -0.15) is 0 Å². The number of H-pyrrole nitrogens is 1. The number of halogens is 1. The maximum Gasteiger partial charge on any atom is 0.224 e. The first-order chi connectivity index (χ1) is 16.2. The Kier molecular flexibility index (Phi) is 5.72. The number of nitrogens with one attached hydrogen (secondary N) is 2. The van der Waals surface area contributed by atoms with E-state index in [1.54, 1.807) is 24.8 Å². The first-order valence-corrected chi connectivity index (χ1v) is 10.8. The monoisotopic (exact) mass is 438 g/mol. The molecule has 0 spiro atoms. The second-order valence-electron chi connectivity index (χ2n) is 8.05. The lowest BCUT2D eigenvalue weighted by molar-refractivity contribution is -0.120. The average Bonchev–Trinajstić information content (AvgIpc) is 3.48. The highest BCUT2D eigenvalue weighted by atomic mass is 19.1. The average molecular weight is 439 g/mol. The molecule has 0 unspecified atom stereocenters. The van der Waals surface area contributed by atoms with Crippen molar-refractivity contribution >= 4 is 16.8 Å². The van der Waals surface area contributed by atoms with E-state index in [4.69, 9.17) is 0 Å². The Bertz CT molecular complexity index is 1390. The number of carbonyl (C=O) groups excluding carboxylic acids is 1. The van der Waals surface area contributed by atoms with Crippen molar-refractivity contribution in [1.29, 1.82) is 0 Å². The van der Waals surface area contributed by atoms with Gasteiger partial charge in [-0.15, -0.1) is 0 Å². The van der Waals surface area contributed by atoms with Gasteiger partial charge in [0.1, 0.15) is 5.82 Å². The van der Waals surface area contributed by atoms with Crippen molar-refractivity contribution in [3.63, 3.8) is 0 Å². The third-order valence-corrected chi connectivity index (χ3v) is 5.76. The molecule has 0 saturated heterocycles. The molecule has 5 nitrogen and oxygen atoms in total. The van der Waals surface area contributed by atoms with Gasteiger partial charge < -0.3 is 14.9 Å². The van der Waals surface area contributed by atoms with Crippen LogP contribution in [0.1, 0.15) is 16.7 Å². The number of imidazole rings is 1. The predicted octanol–water partition coefficient (Wildman–Crippen LogP) is 5.08. The number of rotatable bonds is 7. The lowest BCUT2D eigenvalue weighted by atomic mass is 9.98. The largest absolute Gasteiger partial charge is 0.361 e. The summed E-state index contributed by atoms with van der Waals surface area (Å²) in [5.74, 6) is -0.377. The van der Waals surface area contributed by atoms with Crippen molar-refractivity contribution in [2.75, 3.05) is 0 Å². The third-order valence-electron chi connectivity index (χ3n) is 5.76. The minimum Gasteiger partial charge on any atom is -0.361 e. The van der Waals surface area contributed by atoms with Crippen LogP contribution in [0.4, 0.5) is 4.39 Å². The van der Waals surface area contributed by atoms with Gasteiger partial charge in [0.25, 0.3) is 0 Å². The Hall–Kier alpha value is -4.19. The minimum atomic E-state index is -0.299. The molecule has 2 N–H and O–H groups in total. The van der Waals surface area contributed by atoms with E-state index in [9.17, 15) is 9.18 Å². The van der Waals surface area contributed by atoms with Crippen molar-refractivity contribution in [1.82, 2.24) is 19.9 Å². The Balaban J connectivity index is 1.26. The van der Waals surface area contributed by atoms with Crippen LogP contribution >= 0.6 is 0 Å². The zero-order valence-electron chi connectivity index (χ0n) is 18.0. The lowest BCUT2D eigenvalue weighted by Gasteiger charge is -2.12. The predicted molar refractivity (Wildman–Crippen MR) is 127 cm³/mol. The highest BCUT2D eigenvalue weighted by Crippen LogP contribution is 2.25. The van der Waals surface area contributed by atoms with Crippen LogP contribution < -0.4 is 5.32 Å². The third kappa shape index (κ3) is 4.70. The first-order valence-electron chi connectivity index (χ1n) is 10.8. The molecular weight excluding hydrogens is 415 g/mol. The minimum absolute atomic E-state index is 0.0780. The van der Waals surface area contributed by atoms with Gasteiger partial charge >= 0.3 is 0 Å². The van der Waals surface area contributed by atoms with Crippen molar-refractivity contribution in [2.45, 2.75) is 19.5 Å². The molecule has 6 heteroatoms. The van der Waals surface area contributed by atoms with Crippen molar-refractivity contribution in [2.24, 2.45) is 0 Å². The molecule has 2 heterocycles. The van der Waals surface area contributed by atoms with E-state index in [2.05, 4.69) is 45.6 Å². The van der Waals surface area contributed by atoms with Gasteiger partial charge in [0, 0.05) is 42.6 Å². The molecule has 0 bridgehead atoms. The van der Waals surface area contributed by atoms with Crippen LogP contribution in [0.3, 0.4) is 0 Å². The van der Waals surface area contributed by atoms with Crippen LogP contribution in [-0.2, 0) is 24.3 Å². The first kappa shape index (κ1) is 20.7. The summed E-state index contributed by atoms with van der Waals surface area (Å²) in [6, 6.07) is 21.1. The van der Waals surface area contributed by atoms with Gasteiger partial charge in [-0.05, 0) is 46.0 Å². The number of fused-ring (bicyclic) bond motifs is 1. The smallest absolute Gasteiger partial charge is 0.224 e. The van der Waals surface area contributed by atoms with Crippen LogP contribution in [-0.4, -0.2) is 20.4 Å². The maximum absolute atomic E-state index is 13.4. The van der Waals surface area contributed by atoms with E-state index in [-0.39, 0.29) is 18.1 Å².